The van der Waals surface area contributed by atoms with E-state index in [0.29, 0.717) is 24.1 Å². The number of nitrogens with one attached hydrogen (secondary N) is 2. The number of anilines is 2. The topological polar surface area (TPSA) is 90.0 Å². The normalized spacial score (nSPS) is 10.8. The van der Waals surface area contributed by atoms with Gasteiger partial charge in [0.25, 0.3) is 0 Å². The number of carbonyl (C=O) groups excluding carboxylic acids is 1. The van der Waals surface area contributed by atoms with Crippen molar-refractivity contribution < 1.29 is 4.79 Å². The van der Waals surface area contributed by atoms with Gasteiger partial charge in [-0.05, 0) is 11.6 Å². The zero-order valence-electron chi connectivity index (χ0n) is 15.4. The summed E-state index contributed by atoms with van der Waals surface area (Å²) in [5.41, 5.74) is 2.00. The quantitative estimate of drug-likeness (QED) is 0.695. The Morgan fingerprint density at radius 1 is 1.04 bits per heavy atom. The van der Waals surface area contributed by atoms with Crippen LogP contribution in [0.4, 0.5) is 11.9 Å². The van der Waals surface area contributed by atoms with E-state index in [1.54, 1.807) is 0 Å². The predicted octanol–water partition coefficient (Wildman–Crippen LogP) is 1.34. The molecule has 0 aliphatic carbocycles. The van der Waals surface area contributed by atoms with E-state index in [0.717, 1.165) is 16.5 Å². The third-order valence-electron chi connectivity index (χ3n) is 3.93. The Kier molecular flexibility index (Phi) is 5.01. The van der Waals surface area contributed by atoms with Crippen molar-refractivity contribution >= 4 is 28.7 Å². The molecule has 0 fully saturated rings. The van der Waals surface area contributed by atoms with Crippen LogP contribution in [0.1, 0.15) is 11.4 Å². The number of fused-ring (bicyclic) bond motifs is 1. The van der Waals surface area contributed by atoms with E-state index in [4.69, 9.17) is 0 Å². The first-order valence-electron chi connectivity index (χ1n) is 8.35. The fraction of sp³-hybridized carbons (Fsp3) is 0.333. The first-order chi connectivity index (χ1) is 12.4. The third-order valence-corrected chi connectivity index (χ3v) is 3.93. The van der Waals surface area contributed by atoms with Crippen molar-refractivity contribution in [1.29, 1.82) is 0 Å². The molecule has 0 spiro atoms. The van der Waals surface area contributed by atoms with Crippen molar-refractivity contribution in [3.05, 3.63) is 41.9 Å². The molecule has 0 saturated heterocycles. The summed E-state index contributed by atoms with van der Waals surface area (Å²) in [6.45, 7) is 0.255. The molecule has 3 aromatic rings. The lowest BCUT2D eigenvalue weighted by Gasteiger charge is -2.16. The van der Waals surface area contributed by atoms with E-state index < -0.39 is 0 Å². The van der Waals surface area contributed by atoms with E-state index in [1.165, 1.54) is 0 Å². The Bertz CT molecular complexity index is 891. The largest absolute Gasteiger partial charge is 0.361 e. The van der Waals surface area contributed by atoms with Gasteiger partial charge < -0.3 is 20.1 Å². The zero-order valence-corrected chi connectivity index (χ0v) is 15.4. The Morgan fingerprint density at radius 2 is 1.69 bits per heavy atom. The van der Waals surface area contributed by atoms with Crippen molar-refractivity contribution in [3.63, 3.8) is 0 Å². The molecule has 26 heavy (non-hydrogen) atoms. The summed E-state index contributed by atoms with van der Waals surface area (Å²) in [4.78, 5) is 32.3. The van der Waals surface area contributed by atoms with Crippen LogP contribution in [0.2, 0.25) is 0 Å². The number of carbonyl (C=O) groups is 1. The molecule has 2 aromatic heterocycles. The predicted molar refractivity (Wildman–Crippen MR) is 102 cm³/mol. The van der Waals surface area contributed by atoms with Gasteiger partial charge in [0.05, 0.1) is 13.0 Å². The van der Waals surface area contributed by atoms with Crippen LogP contribution in [0.5, 0.6) is 0 Å². The molecule has 1 aromatic carbocycles. The number of aromatic amines is 1. The van der Waals surface area contributed by atoms with Crippen LogP contribution in [0, 0.1) is 0 Å². The molecule has 8 nitrogen and oxygen atoms in total. The molecule has 0 radical (unpaired) electrons. The lowest BCUT2D eigenvalue weighted by Crippen LogP contribution is -2.27. The number of aromatic nitrogens is 4. The molecule has 1 amide bonds. The number of para-hydroxylation sites is 1. The summed E-state index contributed by atoms with van der Waals surface area (Å²) < 4.78 is 0. The molecule has 0 aliphatic heterocycles. The van der Waals surface area contributed by atoms with Gasteiger partial charge in [0.2, 0.25) is 17.8 Å². The highest BCUT2D eigenvalue weighted by molar-refractivity contribution is 5.88. The fourth-order valence-corrected chi connectivity index (χ4v) is 2.57. The second-order valence-corrected chi connectivity index (χ2v) is 6.45. The summed E-state index contributed by atoms with van der Waals surface area (Å²) in [6.07, 6.45) is 2.18. The minimum Gasteiger partial charge on any atom is -0.361 e. The number of rotatable bonds is 6. The SMILES string of the molecule is CN(C)c1nc(CNC(=O)Cc2c[nH]c3ccccc23)nc(N(C)C)n1. The Morgan fingerprint density at radius 3 is 2.35 bits per heavy atom. The third kappa shape index (κ3) is 3.90. The lowest BCUT2D eigenvalue weighted by molar-refractivity contribution is -0.120. The summed E-state index contributed by atoms with van der Waals surface area (Å²) in [7, 11) is 7.48. The van der Waals surface area contributed by atoms with E-state index in [9.17, 15) is 4.79 Å². The van der Waals surface area contributed by atoms with Crippen molar-refractivity contribution in [2.45, 2.75) is 13.0 Å². The van der Waals surface area contributed by atoms with Gasteiger partial charge in [0.15, 0.2) is 5.82 Å². The molecule has 0 saturated carbocycles. The minimum absolute atomic E-state index is 0.0760. The summed E-state index contributed by atoms with van der Waals surface area (Å²) >= 11 is 0. The van der Waals surface area contributed by atoms with Crippen LogP contribution in [0.3, 0.4) is 0 Å². The smallest absolute Gasteiger partial charge is 0.229 e. The van der Waals surface area contributed by atoms with E-state index in [1.807, 2.05) is 68.5 Å². The van der Waals surface area contributed by atoms with Gasteiger partial charge in [-0.1, -0.05) is 18.2 Å². The first-order valence-corrected chi connectivity index (χ1v) is 8.35. The summed E-state index contributed by atoms with van der Waals surface area (Å²) in [5, 5.41) is 3.95. The number of nitrogens with zero attached hydrogens (tertiary/aromatic N) is 5. The van der Waals surface area contributed by atoms with Gasteiger partial charge in [-0.3, -0.25) is 4.79 Å². The highest BCUT2D eigenvalue weighted by atomic mass is 16.1. The van der Waals surface area contributed by atoms with Crippen LogP contribution in [-0.2, 0) is 17.8 Å². The molecular weight excluding hydrogens is 330 g/mol. The highest BCUT2D eigenvalue weighted by Gasteiger charge is 2.12. The van der Waals surface area contributed by atoms with Gasteiger partial charge in [0.1, 0.15) is 0 Å². The molecule has 2 heterocycles. The summed E-state index contributed by atoms with van der Waals surface area (Å²) in [6, 6.07) is 7.93. The number of benzene rings is 1. The van der Waals surface area contributed by atoms with Crippen LogP contribution in [-0.4, -0.2) is 54.0 Å². The van der Waals surface area contributed by atoms with Gasteiger partial charge in [0, 0.05) is 45.3 Å². The first kappa shape index (κ1) is 17.7. The van der Waals surface area contributed by atoms with Gasteiger partial charge in [-0.15, -0.1) is 0 Å². The van der Waals surface area contributed by atoms with Crippen molar-refractivity contribution in [2.24, 2.45) is 0 Å². The van der Waals surface area contributed by atoms with Gasteiger partial charge in [-0.2, -0.15) is 15.0 Å². The molecule has 3 rings (SSSR count). The van der Waals surface area contributed by atoms with Crippen molar-refractivity contribution in [2.75, 3.05) is 38.0 Å². The average molecular weight is 353 g/mol. The highest BCUT2D eigenvalue weighted by Crippen LogP contribution is 2.18. The number of H-pyrrole nitrogens is 1. The Labute approximate surface area is 152 Å². The van der Waals surface area contributed by atoms with Crippen LogP contribution < -0.4 is 15.1 Å². The molecule has 2 N–H and O–H groups in total. The van der Waals surface area contributed by atoms with Gasteiger partial charge in [-0.25, -0.2) is 0 Å². The second kappa shape index (κ2) is 7.38. The number of amides is 1. The Balaban J connectivity index is 1.69. The maximum atomic E-state index is 12.3. The standard InChI is InChI=1S/C18H23N7O/c1-24(2)17-21-15(22-18(23-17)25(3)4)11-20-16(26)9-12-10-19-14-8-6-5-7-13(12)14/h5-8,10,19H,9,11H2,1-4H3,(H,20,26). The monoisotopic (exact) mass is 353 g/mol. The molecule has 0 bridgehead atoms. The summed E-state index contributed by atoms with van der Waals surface area (Å²) in [5.74, 6) is 1.57. The zero-order chi connectivity index (χ0) is 18.7. The van der Waals surface area contributed by atoms with Crippen LogP contribution in [0.25, 0.3) is 10.9 Å². The molecule has 136 valence electrons. The number of hydrogen-bond acceptors (Lipinski definition) is 6. The molecule has 8 heteroatoms. The van der Waals surface area contributed by atoms with E-state index in [2.05, 4.69) is 25.3 Å². The minimum atomic E-state index is -0.0760. The maximum Gasteiger partial charge on any atom is 0.229 e. The molecular formula is C18H23N7O. The van der Waals surface area contributed by atoms with Crippen molar-refractivity contribution in [1.82, 2.24) is 25.3 Å². The van der Waals surface area contributed by atoms with Crippen molar-refractivity contribution in [3.8, 4) is 0 Å². The lowest BCUT2D eigenvalue weighted by atomic mass is 10.1. The second-order valence-electron chi connectivity index (χ2n) is 6.45. The van der Waals surface area contributed by atoms with Gasteiger partial charge >= 0.3 is 0 Å². The molecule has 0 unspecified atom stereocenters. The molecule has 0 atom stereocenters. The van der Waals surface area contributed by atoms with Crippen LogP contribution >= 0.6 is 0 Å². The fourth-order valence-electron chi connectivity index (χ4n) is 2.57. The maximum absolute atomic E-state index is 12.3. The average Bonchev–Trinajstić information content (AvgIpc) is 3.02. The van der Waals surface area contributed by atoms with E-state index >= 15 is 0 Å². The molecule has 0 aliphatic rings. The Hall–Kier alpha value is -3.16. The van der Waals surface area contributed by atoms with E-state index in [-0.39, 0.29) is 12.5 Å². The van der Waals surface area contributed by atoms with Crippen LogP contribution in [0.15, 0.2) is 30.5 Å². The number of hydrogen-bond donors (Lipinski definition) is 2.